The van der Waals surface area contributed by atoms with Gasteiger partial charge in [0.2, 0.25) is 17.7 Å². The molecule has 318 valence electrons. The summed E-state index contributed by atoms with van der Waals surface area (Å²) in [5.74, 6) is -4.53. The fourth-order valence-corrected chi connectivity index (χ4v) is 7.77. The van der Waals surface area contributed by atoms with Gasteiger partial charge >= 0.3 is 5.97 Å². The van der Waals surface area contributed by atoms with Crippen molar-refractivity contribution in [1.29, 1.82) is 0 Å². The van der Waals surface area contributed by atoms with Gasteiger partial charge < -0.3 is 30.9 Å². The molecule has 1 aliphatic heterocycles. The smallest absolute Gasteiger partial charge is 0.327 e. The molecular weight excluding hydrogens is 783 g/mol. The average Bonchev–Trinajstić information content (AvgIpc) is 3.73. The van der Waals surface area contributed by atoms with Crippen LogP contribution in [0.3, 0.4) is 0 Å². The van der Waals surface area contributed by atoms with Crippen molar-refractivity contribution in [3.8, 4) is 11.1 Å². The maximum atomic E-state index is 15.1. The van der Waals surface area contributed by atoms with E-state index in [1.54, 1.807) is 17.2 Å². The van der Waals surface area contributed by atoms with Crippen molar-refractivity contribution in [2.45, 2.75) is 77.9 Å². The molecule has 16 heteroatoms. The number of thioether (sulfide) groups is 1. The molecule has 5 amide bonds. The molecule has 2 unspecified atom stereocenters. The van der Waals surface area contributed by atoms with Crippen LogP contribution in [0.5, 0.6) is 0 Å². The lowest BCUT2D eigenvalue weighted by Crippen LogP contribution is -2.45. The zero-order valence-corrected chi connectivity index (χ0v) is 34.6. The molecule has 0 spiro atoms. The largest absolute Gasteiger partial charge is 0.480 e. The highest BCUT2D eigenvalue weighted by Crippen LogP contribution is 2.41. The SMILES string of the molecule is CC(C)(C)C(c1cc(-c2cc(F)ccc2F)cn1Cc1ccccc1)N(CCCN)C(=O)CSCC(NC(=O)CCNC(=O)CCCCCN1C(=O)C=CC1=O)C(=O)O. The van der Waals surface area contributed by atoms with E-state index in [2.05, 4.69) is 10.6 Å². The highest BCUT2D eigenvalue weighted by atomic mass is 32.2. The number of aliphatic carboxylic acids is 1. The number of unbranched alkanes of at least 4 members (excludes halogenated alkanes) is 2. The maximum absolute atomic E-state index is 15.1. The highest BCUT2D eigenvalue weighted by molar-refractivity contribution is 8.00. The Morgan fingerprint density at radius 3 is 2.29 bits per heavy atom. The summed E-state index contributed by atoms with van der Waals surface area (Å²) in [6.07, 6.45) is 6.41. The molecule has 0 aliphatic carbocycles. The first-order valence-corrected chi connectivity index (χ1v) is 20.8. The van der Waals surface area contributed by atoms with Gasteiger partial charge in [-0.2, -0.15) is 0 Å². The van der Waals surface area contributed by atoms with Crippen LogP contribution in [-0.4, -0.2) is 98.7 Å². The molecule has 2 aromatic carbocycles. The number of hydrogen-bond donors (Lipinski definition) is 4. The number of nitrogens with one attached hydrogen (secondary N) is 2. The third-order valence-corrected chi connectivity index (χ3v) is 10.7. The van der Waals surface area contributed by atoms with Crippen molar-refractivity contribution in [3.63, 3.8) is 0 Å². The molecule has 5 N–H and O–H groups in total. The Bertz CT molecular complexity index is 1970. The summed E-state index contributed by atoms with van der Waals surface area (Å²) in [4.78, 5) is 77.3. The normalized spacial score (nSPS) is 13.7. The van der Waals surface area contributed by atoms with Gasteiger partial charge in [0.1, 0.15) is 17.7 Å². The van der Waals surface area contributed by atoms with E-state index in [9.17, 15) is 38.3 Å². The number of carboxylic acid groups (broad SMARTS) is 1. The predicted octanol–water partition coefficient (Wildman–Crippen LogP) is 5.04. The molecular formula is C43H54F2N6O7S. The van der Waals surface area contributed by atoms with Crippen LogP contribution in [0.4, 0.5) is 8.78 Å². The number of carbonyl (C=O) groups is 6. The van der Waals surface area contributed by atoms with Gasteiger partial charge in [0.25, 0.3) is 11.8 Å². The van der Waals surface area contributed by atoms with Crippen molar-refractivity contribution in [1.82, 2.24) is 25.0 Å². The predicted molar refractivity (Wildman–Crippen MR) is 222 cm³/mol. The van der Waals surface area contributed by atoms with Gasteiger partial charge in [0, 0.05) is 79.9 Å². The zero-order chi connectivity index (χ0) is 43.1. The minimum atomic E-state index is -1.30. The van der Waals surface area contributed by atoms with Crippen molar-refractivity contribution in [2.24, 2.45) is 11.1 Å². The van der Waals surface area contributed by atoms with Gasteiger partial charge in [-0.1, -0.05) is 57.5 Å². The molecule has 1 aromatic heterocycles. The monoisotopic (exact) mass is 836 g/mol. The number of nitrogens with zero attached hydrogens (tertiary/aromatic N) is 3. The number of rotatable bonds is 23. The quantitative estimate of drug-likeness (QED) is 0.0751. The summed E-state index contributed by atoms with van der Waals surface area (Å²) in [5, 5.41) is 15.0. The van der Waals surface area contributed by atoms with Gasteiger partial charge in [0.15, 0.2) is 0 Å². The molecule has 0 saturated carbocycles. The lowest BCUT2D eigenvalue weighted by molar-refractivity contribution is -0.141. The fourth-order valence-electron chi connectivity index (χ4n) is 6.85. The Labute approximate surface area is 347 Å². The average molecular weight is 837 g/mol. The van der Waals surface area contributed by atoms with E-state index in [4.69, 9.17) is 5.73 Å². The van der Waals surface area contributed by atoms with Crippen LogP contribution in [-0.2, 0) is 35.3 Å². The van der Waals surface area contributed by atoms with E-state index in [0.717, 1.165) is 40.4 Å². The number of benzene rings is 2. The minimum absolute atomic E-state index is 0.00501. The van der Waals surface area contributed by atoms with Gasteiger partial charge in [-0.05, 0) is 61.1 Å². The number of nitrogens with two attached hydrogens (primary N) is 1. The summed E-state index contributed by atoms with van der Waals surface area (Å²) in [5.41, 5.74) is 7.54. The second-order valence-electron chi connectivity index (χ2n) is 15.4. The fraction of sp³-hybridized carbons (Fsp3) is 0.442. The molecule has 59 heavy (non-hydrogen) atoms. The molecule has 1 aliphatic rings. The zero-order valence-electron chi connectivity index (χ0n) is 33.8. The number of carboxylic acids is 1. The molecule has 0 radical (unpaired) electrons. The molecule has 2 heterocycles. The first-order chi connectivity index (χ1) is 28.1. The Morgan fingerprint density at radius 2 is 1.63 bits per heavy atom. The molecule has 13 nitrogen and oxygen atoms in total. The molecule has 0 saturated heterocycles. The van der Waals surface area contributed by atoms with Crippen molar-refractivity contribution >= 4 is 47.3 Å². The van der Waals surface area contributed by atoms with Crippen molar-refractivity contribution in [2.75, 3.05) is 37.7 Å². The summed E-state index contributed by atoms with van der Waals surface area (Å²) >= 11 is 1.06. The van der Waals surface area contributed by atoms with Gasteiger partial charge in [-0.3, -0.25) is 28.9 Å². The molecule has 3 aromatic rings. The maximum Gasteiger partial charge on any atom is 0.327 e. The van der Waals surface area contributed by atoms with Crippen molar-refractivity contribution < 1.29 is 42.7 Å². The lowest BCUT2D eigenvalue weighted by atomic mass is 9.83. The number of amides is 5. The van der Waals surface area contributed by atoms with E-state index < -0.39 is 41.0 Å². The number of hydrogen-bond acceptors (Lipinski definition) is 8. The molecule has 0 bridgehead atoms. The first kappa shape index (κ1) is 46.3. The van der Waals surface area contributed by atoms with Crippen LogP contribution in [0.2, 0.25) is 0 Å². The Kier molecular flexibility index (Phi) is 17.4. The first-order valence-electron chi connectivity index (χ1n) is 19.7. The van der Waals surface area contributed by atoms with Crippen LogP contribution < -0.4 is 16.4 Å². The van der Waals surface area contributed by atoms with Crippen LogP contribution in [0.25, 0.3) is 11.1 Å². The van der Waals surface area contributed by atoms with E-state index >= 15 is 4.39 Å². The lowest BCUT2D eigenvalue weighted by Gasteiger charge is -2.41. The topological polar surface area (TPSA) is 184 Å². The second-order valence-corrected chi connectivity index (χ2v) is 16.5. The second kappa shape index (κ2) is 22.1. The van der Waals surface area contributed by atoms with E-state index in [0.29, 0.717) is 50.0 Å². The summed E-state index contributed by atoms with van der Waals surface area (Å²) in [6, 6.07) is 12.8. The van der Waals surface area contributed by atoms with Gasteiger partial charge in [-0.15, -0.1) is 11.8 Å². The molecule has 0 fully saturated rings. The minimum Gasteiger partial charge on any atom is -0.480 e. The summed E-state index contributed by atoms with van der Waals surface area (Å²) in [7, 11) is 0. The Hall–Kier alpha value is -5.35. The van der Waals surface area contributed by atoms with Crippen LogP contribution in [0, 0.1) is 17.0 Å². The molecule has 2 atom stereocenters. The van der Waals surface area contributed by atoms with E-state index in [1.165, 1.54) is 12.2 Å². The van der Waals surface area contributed by atoms with Crippen LogP contribution in [0.1, 0.15) is 76.6 Å². The number of imide groups is 1. The third-order valence-electron chi connectivity index (χ3n) is 9.70. The number of halogens is 2. The standard InChI is InChI=1S/C43H54F2N6O7S/c1-43(2,3)41(35-23-30(32-24-31(44)14-15-33(32)45)26-49(35)25-29-11-6-4-7-12-29)51(22-10-19-46)40(56)28-59-27-34(42(57)58)48-37(53)18-20-47-36(52)13-8-5-9-21-50-38(54)16-17-39(50)55/h4,6-7,11-12,14-17,23-24,26,34,41H,5,8-10,13,18-22,25,27-28,46H2,1-3H3,(H,47,52)(H,48,53)(H,57,58). The van der Waals surface area contributed by atoms with E-state index in [-0.39, 0.29) is 73.2 Å². The highest BCUT2D eigenvalue weighted by Gasteiger charge is 2.37. The molecule has 4 rings (SSSR count). The van der Waals surface area contributed by atoms with Gasteiger partial charge in [-0.25, -0.2) is 13.6 Å². The Morgan fingerprint density at radius 1 is 0.915 bits per heavy atom. The number of carbonyl (C=O) groups excluding carboxylic acids is 5. The van der Waals surface area contributed by atoms with Crippen LogP contribution in [0.15, 0.2) is 72.9 Å². The van der Waals surface area contributed by atoms with Crippen molar-refractivity contribution in [3.05, 3.63) is 95.8 Å². The van der Waals surface area contributed by atoms with Crippen LogP contribution >= 0.6 is 11.8 Å². The summed E-state index contributed by atoms with van der Waals surface area (Å²) < 4.78 is 31.4. The summed E-state index contributed by atoms with van der Waals surface area (Å²) in [6.45, 7) is 7.19. The Balaban J connectivity index is 1.37. The van der Waals surface area contributed by atoms with E-state index in [1.807, 2.05) is 55.7 Å². The number of aromatic nitrogens is 1. The van der Waals surface area contributed by atoms with Gasteiger partial charge in [0.05, 0.1) is 11.8 Å². The third kappa shape index (κ3) is 13.9.